The van der Waals surface area contributed by atoms with E-state index in [0.29, 0.717) is 50.1 Å². The predicted octanol–water partition coefficient (Wildman–Crippen LogP) is 6.08. The van der Waals surface area contributed by atoms with Crippen LogP contribution in [-0.2, 0) is 25.5 Å². The second kappa shape index (κ2) is 17.3. The van der Waals surface area contributed by atoms with Gasteiger partial charge in [-0.2, -0.15) is 5.26 Å². The van der Waals surface area contributed by atoms with Crippen LogP contribution < -0.4 is 9.46 Å². The van der Waals surface area contributed by atoms with Gasteiger partial charge < -0.3 is 23.8 Å². The second-order valence-corrected chi connectivity index (χ2v) is 13.9. The maximum Gasteiger partial charge on any atom is 0.416 e. The predicted molar refractivity (Wildman–Crippen MR) is 187 cm³/mol. The molecule has 15 heteroatoms. The van der Waals surface area contributed by atoms with Crippen molar-refractivity contribution in [3.63, 3.8) is 0 Å². The van der Waals surface area contributed by atoms with Crippen LogP contribution in [0.25, 0.3) is 17.0 Å². The van der Waals surface area contributed by atoms with Crippen LogP contribution >= 0.6 is 0 Å². The van der Waals surface area contributed by atoms with Crippen LogP contribution in [0.5, 0.6) is 5.88 Å². The Bertz CT molecular complexity index is 1690. The van der Waals surface area contributed by atoms with Crippen LogP contribution in [0, 0.1) is 36.0 Å². The molecule has 14 nitrogen and oxygen atoms in total. The first kappa shape index (κ1) is 37.3. The molecule has 272 valence electrons. The van der Waals surface area contributed by atoms with Gasteiger partial charge in [0.05, 0.1) is 18.9 Å². The zero-order valence-corrected chi connectivity index (χ0v) is 30.1. The van der Waals surface area contributed by atoms with Gasteiger partial charge in [0.15, 0.2) is 11.5 Å². The number of rotatable bonds is 14. The molecule has 3 unspecified atom stereocenters. The number of aromatic nitrogens is 3. The van der Waals surface area contributed by atoms with Crippen molar-refractivity contribution in [1.82, 2.24) is 19.5 Å². The smallest absolute Gasteiger partial charge is 0.416 e. The largest absolute Gasteiger partial charge is 0.458 e. The highest BCUT2D eigenvalue weighted by molar-refractivity contribution is 7.80. The number of ether oxygens (including phenoxy) is 4. The lowest BCUT2D eigenvalue weighted by Crippen LogP contribution is -2.42. The van der Waals surface area contributed by atoms with E-state index in [1.807, 2.05) is 0 Å². The first-order chi connectivity index (χ1) is 24.2. The molecular formula is C35H48N6O8S. The number of hydrogen-bond donors (Lipinski definition) is 3. The highest BCUT2D eigenvalue weighted by Gasteiger charge is 2.41. The number of H-pyrrole nitrogens is 1. The number of unbranched alkanes of at least 4 members (excludes halogenated alkanes) is 2. The summed E-state index contributed by atoms with van der Waals surface area (Å²) >= 11 is -2.31. The van der Waals surface area contributed by atoms with Gasteiger partial charge in [0.2, 0.25) is 5.88 Å². The molecule has 2 fully saturated rings. The van der Waals surface area contributed by atoms with Crippen molar-refractivity contribution < 1.29 is 37.3 Å². The maximum absolute atomic E-state index is 14.4. The number of nitrogens with one attached hydrogen (secondary N) is 2. The Kier molecular flexibility index (Phi) is 12.9. The lowest BCUT2D eigenvalue weighted by atomic mass is 9.70. The Morgan fingerprint density at radius 2 is 1.84 bits per heavy atom. The summed E-state index contributed by atoms with van der Waals surface area (Å²) in [6.45, 7) is 8.06. The number of benzene rings is 1. The summed E-state index contributed by atoms with van der Waals surface area (Å²) in [5, 5.41) is 13.5. The summed E-state index contributed by atoms with van der Waals surface area (Å²) in [5.41, 5.74) is 1.46. The number of carbonyl (C=O) groups excluding carboxylic acids is 2. The van der Waals surface area contributed by atoms with Gasteiger partial charge in [0.25, 0.3) is 11.3 Å². The van der Waals surface area contributed by atoms with Crippen molar-refractivity contribution in [2.45, 2.75) is 78.2 Å². The summed E-state index contributed by atoms with van der Waals surface area (Å²) in [5.74, 6) is 0.0123. The average Bonchev–Trinajstić information content (AvgIpc) is 3.66. The molecule has 5 rings (SSSR count). The normalized spacial score (nSPS) is 21.5. The Labute approximate surface area is 295 Å². The summed E-state index contributed by atoms with van der Waals surface area (Å²) in [7, 11) is 1.72. The van der Waals surface area contributed by atoms with Gasteiger partial charge in [0, 0.05) is 32.4 Å². The molecule has 1 saturated carbocycles. The van der Waals surface area contributed by atoms with E-state index in [1.54, 1.807) is 32.2 Å². The Morgan fingerprint density at radius 3 is 2.44 bits per heavy atom. The fourth-order valence-electron chi connectivity index (χ4n) is 7.22. The first-order valence-electron chi connectivity index (χ1n) is 17.5. The number of esters is 1. The molecule has 2 aromatic heterocycles. The fourth-order valence-corrected chi connectivity index (χ4v) is 7.63. The van der Waals surface area contributed by atoms with Gasteiger partial charge >= 0.3 is 12.1 Å². The van der Waals surface area contributed by atoms with Gasteiger partial charge in [-0.25, -0.2) is 23.3 Å². The number of aromatic amines is 1. The molecule has 0 bridgehead atoms. The third-order valence-corrected chi connectivity index (χ3v) is 10.1. The van der Waals surface area contributed by atoms with Crippen molar-refractivity contribution in [1.29, 1.82) is 5.26 Å². The van der Waals surface area contributed by atoms with Gasteiger partial charge in [0.1, 0.15) is 23.3 Å². The van der Waals surface area contributed by atoms with Crippen molar-refractivity contribution in [2.24, 2.45) is 17.8 Å². The Hall–Kier alpha value is -3.97. The number of methoxy groups -OCH3 is 1. The standard InChI is InChI=1S/C35H48N6O8S/c1-5-7-9-24-17-23(21-46-4)18-25(10-8-6-2)30(24)48-34(42)29-27(20-36)33(49-35(43)40-13-15-47-16-14-40)41-32(29)37-31(38-41)26-12-11-22(3)28(19-26)39-50(44)45/h11-12,19,23-25,30,39H,5-10,13-18,21H2,1-4H3,(H,37,38)(H,44,45). The number of aryl methyl sites for hydroxylation is 1. The maximum atomic E-state index is 14.4. The van der Waals surface area contributed by atoms with Crippen molar-refractivity contribution >= 4 is 34.7 Å². The monoisotopic (exact) mass is 712 g/mol. The van der Waals surface area contributed by atoms with Crippen molar-refractivity contribution in [3.05, 3.63) is 34.9 Å². The van der Waals surface area contributed by atoms with Crippen LogP contribution in [0.1, 0.15) is 86.7 Å². The minimum absolute atomic E-state index is 0.0652. The van der Waals surface area contributed by atoms with Gasteiger partial charge in [-0.3, -0.25) is 14.4 Å². The van der Waals surface area contributed by atoms with Crippen molar-refractivity contribution in [2.75, 3.05) is 44.7 Å². The quantitative estimate of drug-likeness (QED) is 0.131. The number of nitrogens with zero attached hydrogens (tertiary/aromatic N) is 4. The summed E-state index contributed by atoms with van der Waals surface area (Å²) in [4.78, 5) is 33.9. The van der Waals surface area contributed by atoms with E-state index >= 15 is 0 Å². The van der Waals surface area contributed by atoms with E-state index in [2.05, 4.69) is 29.7 Å². The lowest BCUT2D eigenvalue weighted by Gasteiger charge is -2.41. The molecule has 2 aliphatic rings. The van der Waals surface area contributed by atoms with E-state index in [9.17, 15) is 23.6 Å². The van der Waals surface area contributed by atoms with E-state index in [1.165, 1.54) is 9.42 Å². The van der Waals surface area contributed by atoms with Gasteiger partial charge in [-0.05, 0) is 62.0 Å². The molecule has 0 spiro atoms. The van der Waals surface area contributed by atoms with E-state index in [4.69, 9.17) is 23.9 Å². The lowest BCUT2D eigenvalue weighted by molar-refractivity contribution is -0.0496. The highest BCUT2D eigenvalue weighted by Crippen LogP contribution is 2.42. The minimum Gasteiger partial charge on any atom is -0.458 e. The molecule has 1 aromatic carbocycles. The average molecular weight is 713 g/mol. The molecule has 1 aliphatic heterocycles. The SMILES string of the molecule is CCCCC1CC(COC)CC(CCCC)C1OC(=O)c1c(C#N)c(OC(=O)N2CCOCC2)n2[nH]c(-c3ccc(C)c(NS(=O)O)c3)nc12. The molecule has 0 radical (unpaired) electrons. The summed E-state index contributed by atoms with van der Waals surface area (Å²) < 4.78 is 48.0. The molecule has 1 saturated heterocycles. The number of morpholine rings is 1. The number of anilines is 1. The van der Waals surface area contributed by atoms with Crippen LogP contribution in [0.3, 0.4) is 0 Å². The molecule has 50 heavy (non-hydrogen) atoms. The van der Waals surface area contributed by atoms with Crippen LogP contribution in [-0.4, -0.2) is 86.4 Å². The summed E-state index contributed by atoms with van der Waals surface area (Å²) in [6, 6.07) is 7.24. The zero-order valence-electron chi connectivity index (χ0n) is 29.2. The molecule has 3 atom stereocenters. The first-order valence-corrected chi connectivity index (χ1v) is 18.6. The van der Waals surface area contributed by atoms with E-state index < -0.39 is 23.3 Å². The van der Waals surface area contributed by atoms with Crippen LogP contribution in [0.2, 0.25) is 0 Å². The Morgan fingerprint density at radius 1 is 1.16 bits per heavy atom. The number of carbonyl (C=O) groups is 2. The topological polar surface area (TPSA) is 181 Å². The van der Waals surface area contributed by atoms with E-state index in [-0.39, 0.29) is 46.4 Å². The van der Waals surface area contributed by atoms with E-state index in [0.717, 1.165) is 56.9 Å². The van der Waals surface area contributed by atoms with Crippen molar-refractivity contribution in [3.8, 4) is 23.3 Å². The van der Waals surface area contributed by atoms with Crippen LogP contribution in [0.4, 0.5) is 10.5 Å². The van der Waals surface area contributed by atoms with Gasteiger partial charge in [-0.15, -0.1) is 0 Å². The van der Waals surface area contributed by atoms with Crippen LogP contribution in [0.15, 0.2) is 18.2 Å². The number of hydrogen-bond acceptors (Lipinski definition) is 9. The third-order valence-electron chi connectivity index (χ3n) is 9.72. The molecular weight excluding hydrogens is 664 g/mol. The molecule has 3 heterocycles. The number of fused-ring (bicyclic) bond motifs is 1. The molecule has 3 aromatic rings. The number of nitriles is 1. The molecule has 3 N–H and O–H groups in total. The van der Waals surface area contributed by atoms with Gasteiger partial charge in [-0.1, -0.05) is 51.7 Å². The molecule has 1 amide bonds. The minimum atomic E-state index is -2.31. The Balaban J connectivity index is 1.58. The second-order valence-electron chi connectivity index (χ2n) is 13.2. The molecule has 1 aliphatic carbocycles. The number of amides is 1. The highest BCUT2D eigenvalue weighted by atomic mass is 32.2. The summed E-state index contributed by atoms with van der Waals surface area (Å²) in [6.07, 6.45) is 6.55. The third kappa shape index (κ3) is 8.48. The zero-order chi connectivity index (χ0) is 35.8. The fraction of sp³-hybridized carbons (Fsp3) is 0.600.